The predicted octanol–water partition coefficient (Wildman–Crippen LogP) is 4.35. The van der Waals surface area contributed by atoms with Crippen LogP contribution in [0.1, 0.15) is 47.8 Å². The largest absolute Gasteiger partial charge is 0.416 e. The molecule has 1 amide bonds. The Morgan fingerprint density at radius 2 is 2.09 bits per heavy atom. The van der Waals surface area contributed by atoms with E-state index in [1.54, 1.807) is 13.8 Å². The van der Waals surface area contributed by atoms with Crippen LogP contribution in [0.5, 0.6) is 0 Å². The molecule has 1 aliphatic rings. The van der Waals surface area contributed by atoms with Crippen molar-refractivity contribution in [2.75, 3.05) is 6.54 Å². The molecule has 2 aromatic rings. The molecule has 1 aromatic heterocycles. The van der Waals surface area contributed by atoms with E-state index >= 15 is 0 Å². The van der Waals surface area contributed by atoms with Gasteiger partial charge in [0, 0.05) is 17.5 Å². The molecule has 11 heteroatoms. The number of carbonyl (C=O) groups is 1. The molecule has 32 heavy (non-hydrogen) atoms. The average Bonchev–Trinajstić information content (AvgIpc) is 2.74. The third kappa shape index (κ3) is 5.07. The topological polar surface area (TPSA) is 70.5 Å². The van der Waals surface area contributed by atoms with Gasteiger partial charge in [0.05, 0.1) is 35.4 Å². The van der Waals surface area contributed by atoms with Crippen LogP contribution in [-0.4, -0.2) is 34.0 Å². The predicted molar refractivity (Wildman–Crippen MR) is 111 cm³/mol. The Morgan fingerprint density at radius 1 is 1.34 bits per heavy atom. The van der Waals surface area contributed by atoms with Crippen LogP contribution in [0.2, 0.25) is 0 Å². The minimum atomic E-state index is -4.69. The van der Waals surface area contributed by atoms with Gasteiger partial charge >= 0.3 is 6.18 Å². The number of benzene rings is 1. The molecule has 1 unspecified atom stereocenters. The van der Waals surface area contributed by atoms with Crippen molar-refractivity contribution in [2.45, 2.75) is 38.9 Å². The SMILES string of the molecule is C/C(Cl)=C(\C=N/NC=O)N1CCc2c(ncnc2C(C)c2ccc(F)cc2C(F)(F)F)C1. The highest BCUT2D eigenvalue weighted by molar-refractivity contribution is 6.30. The van der Waals surface area contributed by atoms with Crippen LogP contribution < -0.4 is 5.43 Å². The van der Waals surface area contributed by atoms with Crippen LogP contribution in [0.25, 0.3) is 0 Å². The van der Waals surface area contributed by atoms with Gasteiger partial charge in [-0.2, -0.15) is 18.3 Å². The first-order valence-corrected chi connectivity index (χ1v) is 10.0. The summed E-state index contributed by atoms with van der Waals surface area (Å²) in [6.07, 6.45) is -1.08. The Labute approximate surface area is 187 Å². The minimum Gasteiger partial charge on any atom is -0.363 e. The first kappa shape index (κ1) is 23.6. The minimum absolute atomic E-state index is 0.0495. The number of hydrogen-bond donors (Lipinski definition) is 1. The Kier molecular flexibility index (Phi) is 7.12. The smallest absolute Gasteiger partial charge is 0.363 e. The highest BCUT2D eigenvalue weighted by Gasteiger charge is 2.36. The molecule has 0 fully saturated rings. The Balaban J connectivity index is 1.96. The fourth-order valence-electron chi connectivity index (χ4n) is 3.77. The van der Waals surface area contributed by atoms with Crippen molar-refractivity contribution in [2.24, 2.45) is 5.10 Å². The van der Waals surface area contributed by atoms with Crippen molar-refractivity contribution >= 4 is 24.2 Å². The van der Waals surface area contributed by atoms with Crippen molar-refractivity contribution in [3.05, 3.63) is 69.2 Å². The molecule has 0 saturated heterocycles. The standard InChI is InChI=1S/C21H20ClF4N5O/c1-12(15-4-3-14(23)7-17(15)21(24,25)26)20-16-5-6-31(9-18(16)27-10-28-20)19(13(2)22)8-29-30-11-32/h3-4,7-8,10-12H,5-6,9H2,1-2H3,(H,30,32)/b19-13-,29-8-. The Bertz CT molecular complexity index is 1070. The van der Waals surface area contributed by atoms with Gasteiger partial charge in [0.2, 0.25) is 6.41 Å². The Morgan fingerprint density at radius 3 is 2.75 bits per heavy atom. The van der Waals surface area contributed by atoms with E-state index in [-0.39, 0.29) is 5.56 Å². The van der Waals surface area contributed by atoms with Gasteiger partial charge in [-0.25, -0.2) is 19.8 Å². The Hall–Kier alpha value is -3.01. The lowest BCUT2D eigenvalue weighted by Gasteiger charge is -2.32. The number of amides is 1. The maximum atomic E-state index is 13.5. The first-order chi connectivity index (χ1) is 15.1. The number of aromatic nitrogens is 2. The van der Waals surface area contributed by atoms with Crippen LogP contribution in [-0.2, 0) is 23.9 Å². The van der Waals surface area contributed by atoms with Crippen molar-refractivity contribution < 1.29 is 22.4 Å². The van der Waals surface area contributed by atoms with Gasteiger partial charge in [0.15, 0.2) is 0 Å². The normalized spacial score (nSPS) is 15.9. The summed E-state index contributed by atoms with van der Waals surface area (Å²) in [5.74, 6) is -1.67. The maximum Gasteiger partial charge on any atom is 0.416 e. The molecule has 1 aliphatic heterocycles. The van der Waals surface area contributed by atoms with Gasteiger partial charge in [-0.15, -0.1) is 0 Å². The molecule has 1 aromatic carbocycles. The van der Waals surface area contributed by atoms with E-state index in [1.165, 1.54) is 12.5 Å². The van der Waals surface area contributed by atoms with Crippen molar-refractivity contribution in [1.82, 2.24) is 20.3 Å². The van der Waals surface area contributed by atoms with E-state index in [0.717, 1.165) is 17.7 Å². The molecule has 0 spiro atoms. The number of nitrogens with zero attached hydrogens (tertiary/aromatic N) is 4. The first-order valence-electron chi connectivity index (χ1n) is 9.66. The van der Waals surface area contributed by atoms with Crippen LogP contribution in [0.4, 0.5) is 17.6 Å². The maximum absolute atomic E-state index is 13.5. The summed E-state index contributed by atoms with van der Waals surface area (Å²) in [6, 6.07) is 2.68. The van der Waals surface area contributed by atoms with Gasteiger partial charge in [0.1, 0.15) is 12.1 Å². The summed E-state index contributed by atoms with van der Waals surface area (Å²) in [6.45, 7) is 4.12. The van der Waals surface area contributed by atoms with E-state index in [4.69, 9.17) is 11.6 Å². The number of carbonyl (C=O) groups excluding carboxylic acids is 1. The molecule has 2 heterocycles. The lowest BCUT2D eigenvalue weighted by Crippen LogP contribution is -2.33. The molecule has 0 bridgehead atoms. The molecular formula is C21H20ClF4N5O. The van der Waals surface area contributed by atoms with Gasteiger partial charge in [0.25, 0.3) is 0 Å². The van der Waals surface area contributed by atoms with Crippen LogP contribution in [0.15, 0.2) is 40.4 Å². The molecule has 170 valence electrons. The van der Waals surface area contributed by atoms with E-state index in [1.807, 2.05) is 4.90 Å². The number of nitrogens with one attached hydrogen (secondary N) is 1. The molecule has 0 aliphatic carbocycles. The quantitative estimate of drug-likeness (QED) is 0.295. The monoisotopic (exact) mass is 469 g/mol. The van der Waals surface area contributed by atoms with Gasteiger partial charge in [-0.1, -0.05) is 24.6 Å². The fourth-order valence-corrected chi connectivity index (χ4v) is 3.94. The summed E-state index contributed by atoms with van der Waals surface area (Å²) in [4.78, 5) is 20.9. The zero-order valence-corrected chi connectivity index (χ0v) is 18.0. The highest BCUT2D eigenvalue weighted by Crippen LogP contribution is 2.39. The van der Waals surface area contributed by atoms with E-state index in [9.17, 15) is 22.4 Å². The van der Waals surface area contributed by atoms with E-state index in [0.29, 0.717) is 54.1 Å². The van der Waals surface area contributed by atoms with E-state index < -0.39 is 23.5 Å². The van der Waals surface area contributed by atoms with Crippen molar-refractivity contribution in [3.63, 3.8) is 0 Å². The second kappa shape index (κ2) is 9.64. The molecular weight excluding hydrogens is 450 g/mol. The highest BCUT2D eigenvalue weighted by atomic mass is 35.5. The lowest BCUT2D eigenvalue weighted by atomic mass is 9.88. The fraction of sp³-hybridized carbons (Fsp3) is 0.333. The van der Waals surface area contributed by atoms with Gasteiger partial charge in [-0.3, -0.25) is 4.79 Å². The third-order valence-corrected chi connectivity index (χ3v) is 5.44. The second-order valence-corrected chi connectivity index (χ2v) is 7.80. The van der Waals surface area contributed by atoms with Crippen LogP contribution in [0.3, 0.4) is 0 Å². The summed E-state index contributed by atoms with van der Waals surface area (Å²) < 4.78 is 54.1. The lowest BCUT2D eigenvalue weighted by molar-refractivity contribution is -0.138. The number of rotatable bonds is 6. The average molecular weight is 470 g/mol. The van der Waals surface area contributed by atoms with Crippen molar-refractivity contribution in [3.8, 4) is 0 Å². The number of alkyl halides is 3. The summed E-state index contributed by atoms with van der Waals surface area (Å²) in [7, 11) is 0. The number of allylic oxidation sites excluding steroid dienone is 2. The summed E-state index contributed by atoms with van der Waals surface area (Å²) in [5.41, 5.74) is 3.57. The molecule has 1 atom stereocenters. The van der Waals surface area contributed by atoms with E-state index in [2.05, 4.69) is 20.5 Å². The van der Waals surface area contributed by atoms with Crippen LogP contribution in [0, 0.1) is 5.82 Å². The molecule has 6 nitrogen and oxygen atoms in total. The van der Waals surface area contributed by atoms with Gasteiger partial charge < -0.3 is 4.90 Å². The summed E-state index contributed by atoms with van der Waals surface area (Å²) >= 11 is 6.18. The summed E-state index contributed by atoms with van der Waals surface area (Å²) in [5, 5.41) is 4.22. The zero-order valence-electron chi connectivity index (χ0n) is 17.2. The van der Waals surface area contributed by atoms with Gasteiger partial charge in [-0.05, 0) is 36.6 Å². The van der Waals surface area contributed by atoms with Crippen LogP contribution >= 0.6 is 11.6 Å². The molecule has 0 radical (unpaired) electrons. The molecule has 0 saturated carbocycles. The molecule has 1 N–H and O–H groups in total. The number of fused-ring (bicyclic) bond motifs is 1. The number of hydrazone groups is 1. The third-order valence-electron chi connectivity index (χ3n) is 5.25. The zero-order chi connectivity index (χ0) is 23.5. The number of hydrogen-bond acceptors (Lipinski definition) is 5. The number of halogens is 5. The second-order valence-electron chi connectivity index (χ2n) is 7.23. The van der Waals surface area contributed by atoms with Crippen molar-refractivity contribution in [1.29, 1.82) is 0 Å². The molecule has 3 rings (SSSR count).